The second kappa shape index (κ2) is 5.18. The Hall–Kier alpha value is -1.99. The second-order valence-corrected chi connectivity index (χ2v) is 5.50. The molecule has 6 nitrogen and oxygen atoms in total. The quantitative estimate of drug-likeness (QED) is 0.799. The topological polar surface area (TPSA) is 72.2 Å². The average molecular weight is 308 g/mol. The van der Waals surface area contributed by atoms with E-state index in [1.165, 1.54) is 15.9 Å². The summed E-state index contributed by atoms with van der Waals surface area (Å²) < 4.78 is 1.27. The molecule has 0 fully saturated rings. The Morgan fingerprint density at radius 2 is 2.05 bits per heavy atom. The van der Waals surface area contributed by atoms with Crippen LogP contribution in [0.15, 0.2) is 29.1 Å². The molecule has 2 heterocycles. The number of fused-ring (bicyclic) bond motifs is 1. The van der Waals surface area contributed by atoms with Gasteiger partial charge in [-0.3, -0.25) is 4.79 Å². The zero-order valence-corrected chi connectivity index (χ0v) is 12.1. The van der Waals surface area contributed by atoms with Crippen molar-refractivity contribution in [3.8, 4) is 0 Å². The van der Waals surface area contributed by atoms with Crippen LogP contribution in [-0.2, 0) is 6.42 Å². The Labute approximate surface area is 123 Å². The summed E-state index contributed by atoms with van der Waals surface area (Å²) in [5.41, 5.74) is 1.06. The Morgan fingerprint density at radius 1 is 1.30 bits per heavy atom. The van der Waals surface area contributed by atoms with Crippen molar-refractivity contribution >= 4 is 33.0 Å². The Morgan fingerprint density at radius 3 is 2.75 bits per heavy atom. The molecule has 8 heteroatoms. The molecule has 3 aromatic rings. The number of aromatic nitrogens is 4. The number of rotatable bonds is 3. The predicted octanol–water partition coefficient (Wildman–Crippen LogP) is 1.83. The van der Waals surface area contributed by atoms with Gasteiger partial charge in [-0.05, 0) is 17.7 Å². The van der Waals surface area contributed by atoms with E-state index in [4.69, 9.17) is 11.6 Å². The zero-order chi connectivity index (χ0) is 14.1. The molecule has 0 bridgehead atoms. The van der Waals surface area contributed by atoms with E-state index in [0.717, 1.165) is 5.56 Å². The van der Waals surface area contributed by atoms with Crippen molar-refractivity contribution in [3.05, 3.63) is 50.9 Å². The molecular formula is C12H10ClN5OS. The van der Waals surface area contributed by atoms with Crippen LogP contribution in [0.25, 0.3) is 4.96 Å². The van der Waals surface area contributed by atoms with Crippen LogP contribution in [0.5, 0.6) is 0 Å². The van der Waals surface area contributed by atoms with Crippen molar-refractivity contribution < 1.29 is 0 Å². The molecular weight excluding hydrogens is 298 g/mol. The van der Waals surface area contributed by atoms with Crippen molar-refractivity contribution in [1.29, 1.82) is 0 Å². The number of hydrogen-bond acceptors (Lipinski definition) is 6. The number of nitrogens with one attached hydrogen (secondary N) is 1. The molecule has 102 valence electrons. The Kier molecular flexibility index (Phi) is 3.37. The Bertz CT molecular complexity index is 811. The van der Waals surface area contributed by atoms with Crippen molar-refractivity contribution in [2.75, 3.05) is 12.4 Å². The first-order chi connectivity index (χ1) is 9.67. The maximum atomic E-state index is 12.3. The highest BCUT2D eigenvalue weighted by atomic mass is 35.5. The number of halogens is 1. The van der Waals surface area contributed by atoms with Gasteiger partial charge in [-0.25, -0.2) is 0 Å². The lowest BCUT2D eigenvalue weighted by Crippen LogP contribution is -2.22. The van der Waals surface area contributed by atoms with Gasteiger partial charge in [0.1, 0.15) is 5.69 Å². The summed E-state index contributed by atoms with van der Waals surface area (Å²) in [7, 11) is 1.74. The average Bonchev–Trinajstić information content (AvgIpc) is 2.88. The fraction of sp³-hybridized carbons (Fsp3) is 0.167. The molecule has 3 rings (SSSR count). The molecule has 0 radical (unpaired) electrons. The largest absolute Gasteiger partial charge is 0.363 e. The standard InChI is InChI=1S/C12H10ClN5OS/c1-14-11-17-18-10(19)9(15-16-12(18)20-11)6-7-2-4-8(13)5-3-7/h2-5H,6H2,1H3,(H,14,17). The summed E-state index contributed by atoms with van der Waals surface area (Å²) in [6.07, 6.45) is 0.401. The summed E-state index contributed by atoms with van der Waals surface area (Å²) in [6.45, 7) is 0. The summed E-state index contributed by atoms with van der Waals surface area (Å²) in [4.78, 5) is 12.8. The zero-order valence-electron chi connectivity index (χ0n) is 10.5. The number of hydrogen-bond donors (Lipinski definition) is 1. The van der Waals surface area contributed by atoms with Crippen molar-refractivity contribution in [2.45, 2.75) is 6.42 Å². The molecule has 20 heavy (non-hydrogen) atoms. The fourth-order valence-electron chi connectivity index (χ4n) is 1.75. The normalized spacial score (nSPS) is 10.9. The lowest BCUT2D eigenvalue weighted by Gasteiger charge is -2.00. The molecule has 0 unspecified atom stereocenters. The third-order valence-electron chi connectivity index (χ3n) is 2.75. The van der Waals surface area contributed by atoms with Gasteiger partial charge in [0.05, 0.1) is 0 Å². The second-order valence-electron chi connectivity index (χ2n) is 4.11. The number of anilines is 1. The highest BCUT2D eigenvalue weighted by molar-refractivity contribution is 7.20. The summed E-state index contributed by atoms with van der Waals surface area (Å²) in [6, 6.07) is 7.28. The third kappa shape index (κ3) is 2.37. The van der Waals surface area contributed by atoms with Gasteiger partial charge < -0.3 is 5.32 Å². The van der Waals surface area contributed by atoms with Gasteiger partial charge in [0, 0.05) is 18.5 Å². The van der Waals surface area contributed by atoms with E-state index >= 15 is 0 Å². The van der Waals surface area contributed by atoms with E-state index in [1.54, 1.807) is 19.2 Å². The molecule has 2 aromatic heterocycles. The van der Waals surface area contributed by atoms with Crippen LogP contribution in [0, 0.1) is 0 Å². The summed E-state index contributed by atoms with van der Waals surface area (Å²) in [5.74, 6) is 0. The van der Waals surface area contributed by atoms with E-state index in [1.807, 2.05) is 12.1 Å². The molecule has 0 saturated heterocycles. The van der Waals surface area contributed by atoms with E-state index in [0.29, 0.717) is 27.2 Å². The Balaban J connectivity index is 2.01. The van der Waals surface area contributed by atoms with Crippen LogP contribution >= 0.6 is 22.9 Å². The minimum atomic E-state index is -0.247. The monoisotopic (exact) mass is 307 g/mol. The van der Waals surface area contributed by atoms with E-state index < -0.39 is 0 Å². The highest BCUT2D eigenvalue weighted by Gasteiger charge is 2.11. The number of nitrogens with zero attached hydrogens (tertiary/aromatic N) is 4. The van der Waals surface area contributed by atoms with Crippen LogP contribution in [-0.4, -0.2) is 26.9 Å². The van der Waals surface area contributed by atoms with Crippen molar-refractivity contribution in [2.24, 2.45) is 0 Å². The first kappa shape index (κ1) is 13.0. The molecule has 0 aliphatic heterocycles. The smallest absolute Gasteiger partial charge is 0.297 e. The SMILES string of the molecule is CNc1nn2c(=O)c(Cc3ccc(Cl)cc3)nnc2s1. The molecule has 0 amide bonds. The van der Waals surface area contributed by atoms with Gasteiger partial charge in [0.15, 0.2) is 0 Å². The summed E-state index contributed by atoms with van der Waals surface area (Å²) in [5, 5.41) is 16.3. The maximum absolute atomic E-state index is 12.3. The first-order valence-corrected chi connectivity index (χ1v) is 7.04. The van der Waals surface area contributed by atoms with Crippen molar-refractivity contribution in [1.82, 2.24) is 19.8 Å². The highest BCUT2D eigenvalue weighted by Crippen LogP contribution is 2.15. The van der Waals surface area contributed by atoms with Crippen molar-refractivity contribution in [3.63, 3.8) is 0 Å². The molecule has 0 atom stereocenters. The molecule has 1 aromatic carbocycles. The fourth-order valence-corrected chi connectivity index (χ4v) is 2.57. The molecule has 0 saturated carbocycles. The minimum Gasteiger partial charge on any atom is -0.363 e. The summed E-state index contributed by atoms with van der Waals surface area (Å²) >= 11 is 7.11. The van der Waals surface area contributed by atoms with Gasteiger partial charge in [-0.1, -0.05) is 35.1 Å². The van der Waals surface area contributed by atoms with Crippen LogP contribution in [0.3, 0.4) is 0 Å². The van der Waals surface area contributed by atoms with Gasteiger partial charge in [0.25, 0.3) is 5.56 Å². The first-order valence-electron chi connectivity index (χ1n) is 5.85. The van der Waals surface area contributed by atoms with Crippen LogP contribution < -0.4 is 10.9 Å². The van der Waals surface area contributed by atoms with Gasteiger partial charge in [0.2, 0.25) is 10.1 Å². The number of benzene rings is 1. The van der Waals surface area contributed by atoms with Gasteiger partial charge in [-0.2, -0.15) is 4.52 Å². The molecule has 1 N–H and O–H groups in total. The van der Waals surface area contributed by atoms with Crippen LogP contribution in [0.2, 0.25) is 5.02 Å². The van der Waals surface area contributed by atoms with E-state index in [-0.39, 0.29) is 5.56 Å². The minimum absolute atomic E-state index is 0.247. The van der Waals surface area contributed by atoms with Gasteiger partial charge in [-0.15, -0.1) is 15.3 Å². The lowest BCUT2D eigenvalue weighted by molar-refractivity contribution is 0.810. The lowest BCUT2D eigenvalue weighted by atomic mass is 10.1. The van der Waals surface area contributed by atoms with Crippen LogP contribution in [0.4, 0.5) is 5.13 Å². The predicted molar refractivity (Wildman–Crippen MR) is 78.7 cm³/mol. The maximum Gasteiger partial charge on any atom is 0.297 e. The molecule has 0 spiro atoms. The third-order valence-corrected chi connectivity index (χ3v) is 3.92. The van der Waals surface area contributed by atoms with Gasteiger partial charge >= 0.3 is 0 Å². The van der Waals surface area contributed by atoms with E-state index in [2.05, 4.69) is 20.6 Å². The van der Waals surface area contributed by atoms with Crippen LogP contribution in [0.1, 0.15) is 11.3 Å². The molecule has 0 aliphatic rings. The molecule has 0 aliphatic carbocycles. The van der Waals surface area contributed by atoms with E-state index in [9.17, 15) is 4.79 Å².